The molecule has 1 atom stereocenters. The standard InChI is InChI=1S/C24H25N3O3S/c1-31-21-12-20(14-25-16-21)15-26-23(28)22(13-18-8-4-2-5-9-18)27-24(29)30-17-19-10-6-3-7-11-19/h2-12,14,16,22H,13,15,17H2,1H3,(H,26,28)(H,27,29). The van der Waals surface area contributed by atoms with Crippen molar-refractivity contribution in [2.75, 3.05) is 6.26 Å². The van der Waals surface area contributed by atoms with E-state index in [0.717, 1.165) is 21.6 Å². The maximum atomic E-state index is 12.9. The third kappa shape index (κ3) is 7.46. The third-order valence-corrected chi connectivity index (χ3v) is 5.27. The van der Waals surface area contributed by atoms with Crippen LogP contribution in [0, 0.1) is 0 Å². The van der Waals surface area contributed by atoms with Crippen molar-refractivity contribution in [1.82, 2.24) is 15.6 Å². The maximum absolute atomic E-state index is 12.9. The van der Waals surface area contributed by atoms with Gasteiger partial charge in [-0.05, 0) is 29.0 Å². The van der Waals surface area contributed by atoms with Crippen molar-refractivity contribution >= 4 is 23.8 Å². The molecule has 1 aromatic heterocycles. The Kier molecular flexibility index (Phi) is 8.48. The van der Waals surface area contributed by atoms with Crippen molar-refractivity contribution in [3.63, 3.8) is 0 Å². The van der Waals surface area contributed by atoms with Gasteiger partial charge in [0, 0.05) is 30.3 Å². The van der Waals surface area contributed by atoms with E-state index in [1.54, 1.807) is 24.2 Å². The molecule has 2 amide bonds. The summed E-state index contributed by atoms with van der Waals surface area (Å²) in [5.74, 6) is -0.282. The van der Waals surface area contributed by atoms with Gasteiger partial charge in [-0.1, -0.05) is 60.7 Å². The minimum absolute atomic E-state index is 0.138. The fourth-order valence-electron chi connectivity index (χ4n) is 2.95. The number of alkyl carbamates (subject to hydrolysis) is 1. The maximum Gasteiger partial charge on any atom is 0.408 e. The molecule has 0 aliphatic heterocycles. The van der Waals surface area contributed by atoms with Crippen LogP contribution in [-0.4, -0.2) is 29.3 Å². The zero-order valence-corrected chi connectivity index (χ0v) is 18.1. The molecule has 31 heavy (non-hydrogen) atoms. The van der Waals surface area contributed by atoms with Gasteiger partial charge in [-0.3, -0.25) is 9.78 Å². The first-order chi connectivity index (χ1) is 15.1. The first-order valence-corrected chi connectivity index (χ1v) is 11.1. The van der Waals surface area contributed by atoms with Crippen LogP contribution < -0.4 is 10.6 Å². The van der Waals surface area contributed by atoms with Gasteiger partial charge in [0.1, 0.15) is 12.6 Å². The Balaban J connectivity index is 1.61. The van der Waals surface area contributed by atoms with Gasteiger partial charge in [-0.15, -0.1) is 11.8 Å². The first kappa shape index (κ1) is 22.4. The van der Waals surface area contributed by atoms with E-state index in [4.69, 9.17) is 4.74 Å². The highest BCUT2D eigenvalue weighted by molar-refractivity contribution is 7.98. The molecule has 0 aliphatic carbocycles. The lowest BCUT2D eigenvalue weighted by Gasteiger charge is -2.19. The minimum Gasteiger partial charge on any atom is -0.445 e. The van der Waals surface area contributed by atoms with E-state index in [9.17, 15) is 9.59 Å². The summed E-state index contributed by atoms with van der Waals surface area (Å²) in [4.78, 5) is 30.4. The van der Waals surface area contributed by atoms with E-state index in [0.29, 0.717) is 13.0 Å². The van der Waals surface area contributed by atoms with E-state index in [-0.39, 0.29) is 12.5 Å². The fourth-order valence-corrected chi connectivity index (χ4v) is 3.39. The highest BCUT2D eigenvalue weighted by Gasteiger charge is 2.22. The molecule has 0 saturated carbocycles. The smallest absolute Gasteiger partial charge is 0.408 e. The monoisotopic (exact) mass is 435 g/mol. The zero-order valence-electron chi connectivity index (χ0n) is 17.3. The molecule has 0 spiro atoms. The Bertz CT molecular complexity index is 984. The van der Waals surface area contributed by atoms with Gasteiger partial charge in [-0.25, -0.2) is 4.79 Å². The van der Waals surface area contributed by atoms with Crippen molar-refractivity contribution in [1.29, 1.82) is 0 Å². The van der Waals surface area contributed by atoms with Gasteiger partial charge in [0.15, 0.2) is 0 Å². The van der Waals surface area contributed by atoms with Crippen molar-refractivity contribution in [2.45, 2.75) is 30.5 Å². The molecule has 3 aromatic rings. The van der Waals surface area contributed by atoms with Crippen LogP contribution in [0.15, 0.2) is 84.0 Å². The van der Waals surface area contributed by atoms with E-state index in [1.807, 2.05) is 73.0 Å². The van der Waals surface area contributed by atoms with E-state index < -0.39 is 12.1 Å². The average Bonchev–Trinajstić information content (AvgIpc) is 2.82. The predicted octanol–water partition coefficient (Wildman–Crippen LogP) is 3.96. The lowest BCUT2D eigenvalue weighted by molar-refractivity contribution is -0.123. The molecule has 0 aliphatic rings. The number of amides is 2. The van der Waals surface area contributed by atoms with Crippen LogP contribution in [0.3, 0.4) is 0 Å². The van der Waals surface area contributed by atoms with Gasteiger partial charge in [0.2, 0.25) is 5.91 Å². The van der Waals surface area contributed by atoms with Crippen molar-refractivity contribution in [2.24, 2.45) is 0 Å². The molecule has 160 valence electrons. The highest BCUT2D eigenvalue weighted by Crippen LogP contribution is 2.14. The Morgan fingerprint density at radius 2 is 1.65 bits per heavy atom. The number of thioether (sulfide) groups is 1. The molecule has 0 radical (unpaired) electrons. The normalized spacial score (nSPS) is 11.4. The van der Waals surface area contributed by atoms with Crippen molar-refractivity contribution < 1.29 is 14.3 Å². The molecule has 0 fully saturated rings. The Labute approximate surface area is 186 Å². The second-order valence-corrected chi connectivity index (χ2v) is 7.78. The molecule has 6 nitrogen and oxygen atoms in total. The number of nitrogens with zero attached hydrogens (tertiary/aromatic N) is 1. The summed E-state index contributed by atoms with van der Waals surface area (Å²) in [5.41, 5.74) is 2.71. The minimum atomic E-state index is -0.762. The summed E-state index contributed by atoms with van der Waals surface area (Å²) in [6.45, 7) is 0.464. The van der Waals surface area contributed by atoms with Crippen LogP contribution in [-0.2, 0) is 29.1 Å². The summed E-state index contributed by atoms with van der Waals surface area (Å²) in [7, 11) is 0. The molecule has 1 unspecified atom stereocenters. The highest BCUT2D eigenvalue weighted by atomic mass is 32.2. The van der Waals surface area contributed by atoms with Crippen molar-refractivity contribution in [3.05, 3.63) is 95.8 Å². The Morgan fingerprint density at radius 1 is 0.968 bits per heavy atom. The number of nitrogens with one attached hydrogen (secondary N) is 2. The number of rotatable bonds is 9. The Hall–Kier alpha value is -3.32. The summed E-state index contributed by atoms with van der Waals surface area (Å²) in [5, 5.41) is 5.59. The predicted molar refractivity (Wildman–Crippen MR) is 122 cm³/mol. The number of hydrogen-bond donors (Lipinski definition) is 2. The lowest BCUT2D eigenvalue weighted by atomic mass is 10.1. The van der Waals surface area contributed by atoms with Crippen LogP contribution in [0.25, 0.3) is 0 Å². The van der Waals surface area contributed by atoms with E-state index in [2.05, 4.69) is 15.6 Å². The molecule has 1 heterocycles. The SMILES string of the molecule is CSc1cncc(CNC(=O)C(Cc2ccccc2)NC(=O)OCc2ccccc2)c1. The van der Waals surface area contributed by atoms with Gasteiger partial charge in [-0.2, -0.15) is 0 Å². The number of benzene rings is 2. The number of ether oxygens (including phenoxy) is 1. The second kappa shape index (κ2) is 11.8. The van der Waals surface area contributed by atoms with Gasteiger partial charge >= 0.3 is 6.09 Å². The van der Waals surface area contributed by atoms with Crippen LogP contribution in [0.2, 0.25) is 0 Å². The number of pyridine rings is 1. The lowest BCUT2D eigenvalue weighted by Crippen LogP contribution is -2.48. The quantitative estimate of drug-likeness (QED) is 0.498. The number of hydrogen-bond acceptors (Lipinski definition) is 5. The van der Waals surface area contributed by atoms with Gasteiger partial charge in [0.25, 0.3) is 0 Å². The summed E-state index contributed by atoms with van der Waals surface area (Å²) < 4.78 is 5.30. The molecule has 2 N–H and O–H groups in total. The van der Waals surface area contributed by atoms with Crippen LogP contribution >= 0.6 is 11.8 Å². The molecule has 3 rings (SSSR count). The van der Waals surface area contributed by atoms with Gasteiger partial charge in [0.05, 0.1) is 0 Å². The summed E-state index contributed by atoms with van der Waals surface area (Å²) in [6.07, 6.45) is 5.19. The molecular weight excluding hydrogens is 410 g/mol. The van der Waals surface area contributed by atoms with Gasteiger partial charge < -0.3 is 15.4 Å². The third-order valence-electron chi connectivity index (χ3n) is 4.58. The van der Waals surface area contributed by atoms with Crippen LogP contribution in [0.4, 0.5) is 4.79 Å². The molecule has 0 saturated heterocycles. The molecular formula is C24H25N3O3S. The van der Waals surface area contributed by atoms with E-state index >= 15 is 0 Å². The second-order valence-electron chi connectivity index (χ2n) is 6.90. The molecule has 7 heteroatoms. The number of carbonyl (C=O) groups is 2. The topological polar surface area (TPSA) is 80.3 Å². The average molecular weight is 436 g/mol. The number of aromatic nitrogens is 1. The molecule has 0 bridgehead atoms. The van der Waals surface area contributed by atoms with Crippen molar-refractivity contribution in [3.8, 4) is 0 Å². The van der Waals surface area contributed by atoms with Crippen LogP contribution in [0.5, 0.6) is 0 Å². The summed E-state index contributed by atoms with van der Waals surface area (Å²) in [6, 6.07) is 20.2. The van der Waals surface area contributed by atoms with Crippen LogP contribution in [0.1, 0.15) is 16.7 Å². The van der Waals surface area contributed by atoms with E-state index in [1.165, 1.54) is 0 Å². The first-order valence-electron chi connectivity index (χ1n) is 9.91. The largest absolute Gasteiger partial charge is 0.445 e. The number of carbonyl (C=O) groups excluding carboxylic acids is 2. The summed E-state index contributed by atoms with van der Waals surface area (Å²) >= 11 is 1.59. The molecule has 2 aromatic carbocycles. The Morgan fingerprint density at radius 3 is 2.32 bits per heavy atom. The zero-order chi connectivity index (χ0) is 21.9. The fraction of sp³-hybridized carbons (Fsp3) is 0.208.